The SMILES string of the molecule is CC(C)C[C@@H](COc1ccc2c(c1)OC(C1CC1)c1cnccc1-2)N(C(=O)O)C(C)(C)C. The lowest BCUT2D eigenvalue weighted by Crippen LogP contribution is -2.53. The lowest BCUT2D eigenvalue weighted by molar-refractivity contribution is 0.0433. The summed E-state index contributed by atoms with van der Waals surface area (Å²) in [7, 11) is 0. The highest BCUT2D eigenvalue weighted by molar-refractivity contribution is 5.76. The van der Waals surface area contributed by atoms with Crippen molar-refractivity contribution in [2.24, 2.45) is 11.8 Å². The molecule has 1 N–H and O–H groups in total. The normalized spacial score (nSPS) is 18.4. The number of hydrogen-bond donors (Lipinski definition) is 1. The number of carbonyl (C=O) groups is 1. The molecule has 1 fully saturated rings. The van der Waals surface area contributed by atoms with Crippen molar-refractivity contribution in [1.29, 1.82) is 0 Å². The molecule has 0 spiro atoms. The second kappa shape index (κ2) is 8.64. The van der Waals surface area contributed by atoms with Gasteiger partial charge in [0.15, 0.2) is 0 Å². The minimum atomic E-state index is -0.919. The summed E-state index contributed by atoms with van der Waals surface area (Å²) < 4.78 is 12.6. The van der Waals surface area contributed by atoms with Gasteiger partial charge in [0.2, 0.25) is 0 Å². The third kappa shape index (κ3) is 4.69. The molecule has 2 heterocycles. The Kier molecular flexibility index (Phi) is 6.06. The van der Waals surface area contributed by atoms with Gasteiger partial charge in [0.1, 0.15) is 24.2 Å². The quantitative estimate of drug-likeness (QED) is 0.560. The summed E-state index contributed by atoms with van der Waals surface area (Å²) in [6.07, 6.45) is 5.96. The van der Waals surface area contributed by atoms with Crippen LogP contribution >= 0.6 is 0 Å². The van der Waals surface area contributed by atoms with Crippen LogP contribution in [0.5, 0.6) is 11.5 Å². The maximum atomic E-state index is 12.0. The van der Waals surface area contributed by atoms with E-state index in [0.717, 1.165) is 23.3 Å². The number of aromatic nitrogens is 1. The molecule has 1 aliphatic carbocycles. The van der Waals surface area contributed by atoms with E-state index in [1.54, 1.807) is 0 Å². The Bertz CT molecular complexity index is 978. The molecule has 172 valence electrons. The van der Waals surface area contributed by atoms with Gasteiger partial charge in [-0.15, -0.1) is 0 Å². The fourth-order valence-corrected chi connectivity index (χ4v) is 4.72. The van der Waals surface area contributed by atoms with Gasteiger partial charge in [0, 0.05) is 41.0 Å². The van der Waals surface area contributed by atoms with E-state index >= 15 is 0 Å². The Labute approximate surface area is 190 Å². The van der Waals surface area contributed by atoms with Gasteiger partial charge in [-0.1, -0.05) is 13.8 Å². The molecule has 0 saturated heterocycles. The summed E-state index contributed by atoms with van der Waals surface area (Å²) >= 11 is 0. The molecular formula is C26H34N2O4. The molecule has 0 radical (unpaired) electrons. The zero-order valence-corrected chi connectivity index (χ0v) is 19.7. The maximum absolute atomic E-state index is 12.0. The van der Waals surface area contributed by atoms with Crippen LogP contribution in [-0.2, 0) is 0 Å². The number of carboxylic acid groups (broad SMARTS) is 1. The summed E-state index contributed by atoms with van der Waals surface area (Å²) in [6, 6.07) is 7.74. The Morgan fingerprint density at radius 1 is 1.25 bits per heavy atom. The summed E-state index contributed by atoms with van der Waals surface area (Å²) in [5.74, 6) is 2.42. The standard InChI is InChI=1S/C26H34N2O4/c1-16(2)12-18(28(25(29)30)26(3,4)5)15-31-19-8-9-21-20-10-11-27-14-22(20)24(17-6-7-17)32-23(21)13-19/h8-11,13-14,16-18,24H,6-7,12,15H2,1-5H3,(H,29,30)/t18-,24?/m0/s1. The number of ether oxygens (including phenoxy) is 2. The molecule has 1 unspecified atom stereocenters. The second-order valence-electron chi connectivity index (χ2n) is 10.4. The van der Waals surface area contributed by atoms with Crippen molar-refractivity contribution in [3.63, 3.8) is 0 Å². The van der Waals surface area contributed by atoms with E-state index in [1.807, 2.05) is 51.4 Å². The lowest BCUT2D eigenvalue weighted by Gasteiger charge is -2.40. The van der Waals surface area contributed by atoms with Crippen LogP contribution in [0.25, 0.3) is 11.1 Å². The molecule has 2 aliphatic rings. The Morgan fingerprint density at radius 2 is 2.00 bits per heavy atom. The number of rotatable bonds is 7. The lowest BCUT2D eigenvalue weighted by atomic mass is 9.92. The van der Waals surface area contributed by atoms with Crippen molar-refractivity contribution in [1.82, 2.24) is 9.88 Å². The van der Waals surface area contributed by atoms with Crippen LogP contribution in [-0.4, -0.2) is 39.3 Å². The van der Waals surface area contributed by atoms with Gasteiger partial charge in [-0.2, -0.15) is 0 Å². The predicted octanol–water partition coefficient (Wildman–Crippen LogP) is 6.16. The highest BCUT2D eigenvalue weighted by Crippen LogP contribution is 2.51. The summed E-state index contributed by atoms with van der Waals surface area (Å²) in [4.78, 5) is 17.9. The molecule has 1 saturated carbocycles. The van der Waals surface area contributed by atoms with Crippen molar-refractivity contribution in [2.75, 3.05) is 6.61 Å². The number of benzene rings is 1. The molecule has 4 rings (SSSR count). The van der Waals surface area contributed by atoms with Gasteiger partial charge < -0.3 is 14.6 Å². The molecule has 1 aromatic carbocycles. The first kappa shape index (κ1) is 22.4. The van der Waals surface area contributed by atoms with E-state index in [-0.39, 0.29) is 12.1 Å². The number of amides is 1. The van der Waals surface area contributed by atoms with Gasteiger partial charge in [-0.3, -0.25) is 9.88 Å². The van der Waals surface area contributed by atoms with E-state index in [9.17, 15) is 9.90 Å². The minimum absolute atomic E-state index is 0.0403. The number of nitrogens with zero attached hydrogens (tertiary/aromatic N) is 2. The average Bonchev–Trinajstić information content (AvgIpc) is 3.54. The Morgan fingerprint density at radius 3 is 2.62 bits per heavy atom. The summed E-state index contributed by atoms with van der Waals surface area (Å²) in [6.45, 7) is 10.3. The van der Waals surface area contributed by atoms with Crippen LogP contribution in [0.4, 0.5) is 4.79 Å². The molecule has 2 aromatic rings. The first-order chi connectivity index (χ1) is 15.1. The van der Waals surface area contributed by atoms with E-state index in [1.165, 1.54) is 23.3 Å². The zero-order chi connectivity index (χ0) is 23.0. The van der Waals surface area contributed by atoms with Gasteiger partial charge in [0.05, 0.1) is 6.04 Å². The predicted molar refractivity (Wildman–Crippen MR) is 124 cm³/mol. The summed E-state index contributed by atoms with van der Waals surface area (Å²) in [5.41, 5.74) is 2.87. The van der Waals surface area contributed by atoms with E-state index in [2.05, 4.69) is 24.9 Å². The minimum Gasteiger partial charge on any atom is -0.491 e. The molecule has 1 aromatic heterocycles. The van der Waals surface area contributed by atoms with E-state index in [4.69, 9.17) is 9.47 Å². The summed E-state index contributed by atoms with van der Waals surface area (Å²) in [5, 5.41) is 9.87. The van der Waals surface area contributed by atoms with Crippen molar-refractivity contribution in [2.45, 2.75) is 71.6 Å². The number of fused-ring (bicyclic) bond motifs is 3. The molecular weight excluding hydrogens is 404 g/mol. The van der Waals surface area contributed by atoms with Crippen LogP contribution in [0.15, 0.2) is 36.7 Å². The van der Waals surface area contributed by atoms with Crippen LogP contribution in [0, 0.1) is 11.8 Å². The Balaban J connectivity index is 1.56. The molecule has 1 aliphatic heterocycles. The smallest absolute Gasteiger partial charge is 0.408 e. The topological polar surface area (TPSA) is 71.9 Å². The van der Waals surface area contributed by atoms with Gasteiger partial charge in [0.25, 0.3) is 0 Å². The molecule has 6 heteroatoms. The molecule has 2 atom stereocenters. The van der Waals surface area contributed by atoms with Crippen LogP contribution in [0.1, 0.15) is 65.5 Å². The molecule has 32 heavy (non-hydrogen) atoms. The highest BCUT2D eigenvalue weighted by Gasteiger charge is 2.39. The number of hydrogen-bond acceptors (Lipinski definition) is 4. The van der Waals surface area contributed by atoms with E-state index < -0.39 is 11.6 Å². The Hall–Kier alpha value is -2.76. The van der Waals surface area contributed by atoms with Gasteiger partial charge in [-0.25, -0.2) is 4.79 Å². The van der Waals surface area contributed by atoms with Gasteiger partial charge >= 0.3 is 6.09 Å². The first-order valence-electron chi connectivity index (χ1n) is 11.5. The monoisotopic (exact) mass is 438 g/mol. The second-order valence-corrected chi connectivity index (χ2v) is 10.4. The molecule has 6 nitrogen and oxygen atoms in total. The third-order valence-corrected chi connectivity index (χ3v) is 6.19. The van der Waals surface area contributed by atoms with Crippen LogP contribution < -0.4 is 9.47 Å². The number of pyridine rings is 1. The fraction of sp³-hybridized carbons (Fsp3) is 0.538. The third-order valence-electron chi connectivity index (χ3n) is 6.19. The maximum Gasteiger partial charge on any atom is 0.408 e. The van der Waals surface area contributed by atoms with Gasteiger partial charge in [-0.05, 0) is 69.7 Å². The first-order valence-corrected chi connectivity index (χ1v) is 11.5. The molecule has 1 amide bonds. The van der Waals surface area contributed by atoms with Crippen molar-refractivity contribution in [3.8, 4) is 22.6 Å². The molecule has 0 bridgehead atoms. The van der Waals surface area contributed by atoms with E-state index in [0.29, 0.717) is 24.2 Å². The van der Waals surface area contributed by atoms with Crippen molar-refractivity contribution < 1.29 is 19.4 Å². The zero-order valence-electron chi connectivity index (χ0n) is 19.7. The van der Waals surface area contributed by atoms with Crippen LogP contribution in [0.3, 0.4) is 0 Å². The fourth-order valence-electron chi connectivity index (χ4n) is 4.72. The van der Waals surface area contributed by atoms with Crippen molar-refractivity contribution >= 4 is 6.09 Å². The average molecular weight is 439 g/mol. The largest absolute Gasteiger partial charge is 0.491 e. The van der Waals surface area contributed by atoms with Crippen molar-refractivity contribution in [3.05, 3.63) is 42.2 Å². The highest BCUT2D eigenvalue weighted by atomic mass is 16.5. The van der Waals surface area contributed by atoms with Crippen LogP contribution in [0.2, 0.25) is 0 Å².